The zero-order valence-electron chi connectivity index (χ0n) is 18.8. The summed E-state index contributed by atoms with van der Waals surface area (Å²) in [6, 6.07) is 15.8. The molecule has 2 aliphatic rings. The van der Waals surface area contributed by atoms with Crippen molar-refractivity contribution >= 4 is 11.6 Å². The van der Waals surface area contributed by atoms with Crippen LogP contribution in [0.5, 0.6) is 11.5 Å². The van der Waals surface area contributed by atoms with Crippen molar-refractivity contribution in [1.29, 1.82) is 0 Å². The molecular weight excluding hydrogens is 422 g/mol. The Labute approximate surface area is 192 Å². The molecule has 172 valence electrons. The molecule has 9 heteroatoms. The van der Waals surface area contributed by atoms with Crippen molar-refractivity contribution in [3.63, 3.8) is 0 Å². The molecule has 1 aromatic heterocycles. The number of ether oxygens (including phenoxy) is 3. The summed E-state index contributed by atoms with van der Waals surface area (Å²) >= 11 is 0. The van der Waals surface area contributed by atoms with E-state index >= 15 is 0 Å². The molecule has 0 radical (unpaired) electrons. The first-order valence-electron chi connectivity index (χ1n) is 11.0. The number of benzene rings is 2. The standard InChI is InChI=1S/C24H27N5O4/c1-31-19-8-6-17(7-9-19)22-15-29-21(16-33-22)23(25-26-29)24(30)28-12-10-27(11-13-28)18-4-3-5-20(14-18)32-2/h3-9,14,22H,10-13,15-16H2,1-2H3/t22-/m0/s1. The van der Waals surface area contributed by atoms with E-state index in [1.54, 1.807) is 18.9 Å². The average Bonchev–Trinajstić information content (AvgIpc) is 3.32. The van der Waals surface area contributed by atoms with Gasteiger partial charge in [0.15, 0.2) is 5.69 Å². The van der Waals surface area contributed by atoms with Gasteiger partial charge < -0.3 is 24.0 Å². The zero-order valence-corrected chi connectivity index (χ0v) is 18.8. The SMILES string of the molecule is COc1ccc([C@@H]2Cn3nnc(C(=O)N4CCN(c5cccc(OC)c5)CC4)c3CO2)cc1. The Bertz CT molecular complexity index is 1120. The van der Waals surface area contributed by atoms with Gasteiger partial charge >= 0.3 is 0 Å². The number of nitrogens with zero attached hydrogens (tertiary/aromatic N) is 5. The number of hydrogen-bond donors (Lipinski definition) is 0. The lowest BCUT2D eigenvalue weighted by molar-refractivity contribution is -0.00198. The summed E-state index contributed by atoms with van der Waals surface area (Å²) in [5, 5.41) is 8.47. The second kappa shape index (κ2) is 9.11. The van der Waals surface area contributed by atoms with Crippen LogP contribution >= 0.6 is 0 Å². The first-order chi connectivity index (χ1) is 16.2. The van der Waals surface area contributed by atoms with Gasteiger partial charge in [0.1, 0.15) is 17.6 Å². The lowest BCUT2D eigenvalue weighted by Gasteiger charge is -2.36. The number of rotatable bonds is 5. The van der Waals surface area contributed by atoms with Crippen molar-refractivity contribution in [3.8, 4) is 11.5 Å². The molecule has 33 heavy (non-hydrogen) atoms. The fourth-order valence-electron chi connectivity index (χ4n) is 4.32. The van der Waals surface area contributed by atoms with E-state index in [-0.39, 0.29) is 12.0 Å². The highest BCUT2D eigenvalue weighted by Crippen LogP contribution is 2.29. The number of carbonyl (C=O) groups is 1. The van der Waals surface area contributed by atoms with Crippen LogP contribution in [0.2, 0.25) is 0 Å². The third kappa shape index (κ3) is 4.23. The minimum Gasteiger partial charge on any atom is -0.497 e. The molecule has 0 unspecified atom stereocenters. The third-order valence-corrected chi connectivity index (χ3v) is 6.27. The highest BCUT2D eigenvalue weighted by Gasteiger charge is 2.31. The Morgan fingerprint density at radius 3 is 2.48 bits per heavy atom. The largest absolute Gasteiger partial charge is 0.497 e. The summed E-state index contributed by atoms with van der Waals surface area (Å²) in [6.07, 6.45) is -0.139. The smallest absolute Gasteiger partial charge is 0.276 e. The van der Waals surface area contributed by atoms with Gasteiger partial charge in [-0.25, -0.2) is 4.68 Å². The number of aromatic nitrogens is 3. The molecule has 1 amide bonds. The van der Waals surface area contributed by atoms with Crippen LogP contribution < -0.4 is 14.4 Å². The molecule has 0 aliphatic carbocycles. The molecule has 0 bridgehead atoms. The van der Waals surface area contributed by atoms with E-state index in [1.165, 1.54) is 0 Å². The van der Waals surface area contributed by atoms with Crippen LogP contribution in [-0.4, -0.2) is 66.2 Å². The first kappa shape index (κ1) is 21.3. The lowest BCUT2D eigenvalue weighted by atomic mass is 10.1. The second-order valence-corrected chi connectivity index (χ2v) is 8.12. The number of amides is 1. The predicted octanol–water partition coefficient (Wildman–Crippen LogP) is 2.53. The van der Waals surface area contributed by atoms with Crippen molar-refractivity contribution < 1.29 is 19.0 Å². The molecule has 9 nitrogen and oxygen atoms in total. The molecule has 0 saturated carbocycles. The van der Waals surface area contributed by atoms with Crippen molar-refractivity contribution in [2.45, 2.75) is 19.3 Å². The van der Waals surface area contributed by atoms with Gasteiger partial charge in [0.2, 0.25) is 0 Å². The topological polar surface area (TPSA) is 82.0 Å². The molecule has 3 heterocycles. The highest BCUT2D eigenvalue weighted by molar-refractivity contribution is 5.93. The predicted molar refractivity (Wildman–Crippen MR) is 122 cm³/mol. The maximum absolute atomic E-state index is 13.2. The minimum absolute atomic E-state index is 0.0898. The van der Waals surface area contributed by atoms with Gasteiger partial charge in [0.25, 0.3) is 5.91 Å². The monoisotopic (exact) mass is 449 g/mol. The summed E-state index contributed by atoms with van der Waals surface area (Å²) < 4.78 is 18.4. The molecule has 0 N–H and O–H groups in total. The van der Waals surface area contributed by atoms with Crippen LogP contribution in [0, 0.1) is 0 Å². The van der Waals surface area contributed by atoms with Gasteiger partial charge in [-0.1, -0.05) is 23.4 Å². The van der Waals surface area contributed by atoms with Crippen molar-refractivity contribution in [2.75, 3.05) is 45.3 Å². The number of piperazine rings is 1. The molecule has 1 fully saturated rings. The minimum atomic E-state index is -0.139. The van der Waals surface area contributed by atoms with E-state index in [1.807, 2.05) is 47.4 Å². The highest BCUT2D eigenvalue weighted by atomic mass is 16.5. The number of anilines is 1. The quantitative estimate of drug-likeness (QED) is 0.592. The fraction of sp³-hybridized carbons (Fsp3) is 0.375. The van der Waals surface area contributed by atoms with Crippen molar-refractivity contribution in [1.82, 2.24) is 19.9 Å². The van der Waals surface area contributed by atoms with E-state index in [0.717, 1.165) is 41.5 Å². The molecular formula is C24H27N5O4. The first-order valence-corrected chi connectivity index (χ1v) is 11.0. The summed E-state index contributed by atoms with van der Waals surface area (Å²) in [5.74, 6) is 1.54. The van der Waals surface area contributed by atoms with E-state index in [2.05, 4.69) is 21.3 Å². The summed E-state index contributed by atoms with van der Waals surface area (Å²) in [4.78, 5) is 17.3. The van der Waals surface area contributed by atoms with Crippen molar-refractivity contribution in [3.05, 3.63) is 65.5 Å². The molecule has 0 spiro atoms. The Morgan fingerprint density at radius 1 is 1.00 bits per heavy atom. The molecule has 2 aliphatic heterocycles. The van der Waals surface area contributed by atoms with E-state index < -0.39 is 0 Å². The summed E-state index contributed by atoms with van der Waals surface area (Å²) in [6.45, 7) is 3.56. The van der Waals surface area contributed by atoms with E-state index in [9.17, 15) is 4.79 Å². The Balaban J connectivity index is 1.23. The third-order valence-electron chi connectivity index (χ3n) is 6.27. The van der Waals surface area contributed by atoms with Crippen LogP contribution in [0.4, 0.5) is 5.69 Å². The van der Waals surface area contributed by atoms with Gasteiger partial charge in [0.05, 0.1) is 33.1 Å². The van der Waals surface area contributed by atoms with E-state index in [4.69, 9.17) is 14.2 Å². The van der Waals surface area contributed by atoms with Crippen LogP contribution in [0.1, 0.15) is 27.8 Å². The van der Waals surface area contributed by atoms with E-state index in [0.29, 0.717) is 31.9 Å². The van der Waals surface area contributed by atoms with Gasteiger partial charge in [-0.15, -0.1) is 5.10 Å². The molecule has 2 aromatic carbocycles. The number of hydrogen-bond acceptors (Lipinski definition) is 7. The molecule has 3 aromatic rings. The summed E-state index contributed by atoms with van der Waals surface area (Å²) in [5.41, 5.74) is 3.26. The molecule has 1 saturated heterocycles. The Kier molecular flexibility index (Phi) is 5.87. The van der Waals surface area contributed by atoms with Crippen molar-refractivity contribution in [2.24, 2.45) is 0 Å². The zero-order chi connectivity index (χ0) is 22.8. The van der Waals surface area contributed by atoms with Gasteiger partial charge in [-0.3, -0.25) is 4.79 Å². The van der Waals surface area contributed by atoms with Crippen LogP contribution in [0.15, 0.2) is 48.5 Å². The average molecular weight is 450 g/mol. The normalized spacial score (nSPS) is 18.1. The summed E-state index contributed by atoms with van der Waals surface area (Å²) in [7, 11) is 3.31. The van der Waals surface area contributed by atoms with Gasteiger partial charge in [-0.2, -0.15) is 0 Å². The number of carbonyl (C=O) groups excluding carboxylic acids is 1. The van der Waals surface area contributed by atoms with Gasteiger partial charge in [-0.05, 0) is 29.8 Å². The maximum Gasteiger partial charge on any atom is 0.276 e. The van der Waals surface area contributed by atoms with Crippen LogP contribution in [0.3, 0.4) is 0 Å². The second-order valence-electron chi connectivity index (χ2n) is 8.12. The maximum atomic E-state index is 13.2. The fourth-order valence-corrected chi connectivity index (χ4v) is 4.32. The molecule has 1 atom stereocenters. The number of methoxy groups -OCH3 is 2. The van der Waals surface area contributed by atoms with Crippen LogP contribution in [0.25, 0.3) is 0 Å². The Hall–Kier alpha value is -3.59. The van der Waals surface area contributed by atoms with Gasteiger partial charge in [0, 0.05) is 37.9 Å². The molecule has 5 rings (SSSR count). The number of fused-ring (bicyclic) bond motifs is 1. The van der Waals surface area contributed by atoms with Crippen LogP contribution in [-0.2, 0) is 17.9 Å². The Morgan fingerprint density at radius 2 is 1.76 bits per heavy atom. The lowest BCUT2D eigenvalue weighted by Crippen LogP contribution is -2.49.